The summed E-state index contributed by atoms with van der Waals surface area (Å²) in [4.78, 5) is 0. The van der Waals surface area contributed by atoms with E-state index in [0.29, 0.717) is 0 Å². The molecular formula is C8H15Li. The van der Waals surface area contributed by atoms with E-state index in [2.05, 4.69) is 31.6 Å². The summed E-state index contributed by atoms with van der Waals surface area (Å²) in [5.74, 6) is 1.96. The summed E-state index contributed by atoms with van der Waals surface area (Å²) in [5, 5.41) is 0. The predicted molar refractivity (Wildman–Crippen MR) is 41.7 cm³/mol. The van der Waals surface area contributed by atoms with Crippen molar-refractivity contribution in [3.05, 3.63) is 0 Å². The molecule has 0 bridgehead atoms. The van der Waals surface area contributed by atoms with Crippen LogP contribution in [-0.4, -0.2) is 17.7 Å². The van der Waals surface area contributed by atoms with Crippen molar-refractivity contribution in [2.75, 3.05) is 0 Å². The molecule has 9 heavy (non-hydrogen) atoms. The summed E-state index contributed by atoms with van der Waals surface area (Å²) in [5.41, 5.74) is 0. The molecule has 0 spiro atoms. The molecule has 1 heteroatoms. The molecule has 2 unspecified atom stereocenters. The Hall–Kier alpha value is 0.597. The fraction of sp³-hybridized carbons (Fsp3) is 1.00. The molecule has 0 N–H and O–H groups in total. The van der Waals surface area contributed by atoms with Gasteiger partial charge in [-0.05, 0) is 0 Å². The topological polar surface area (TPSA) is 0 Å². The first-order valence-electron chi connectivity index (χ1n) is 4.22. The molecule has 0 aromatic heterocycles. The van der Waals surface area contributed by atoms with E-state index in [4.69, 9.17) is 0 Å². The third kappa shape index (κ3) is 1.76. The molecule has 0 radical (unpaired) electrons. The minimum atomic E-state index is 0.971. The SMILES string of the molecule is [Li][CH]1C(C)CCCC1C. The maximum atomic E-state index is 2.40. The molecule has 1 aliphatic rings. The van der Waals surface area contributed by atoms with Crippen LogP contribution in [0.5, 0.6) is 0 Å². The summed E-state index contributed by atoms with van der Waals surface area (Å²) in [7, 11) is 0. The third-order valence-corrected chi connectivity index (χ3v) is 3.11. The van der Waals surface area contributed by atoms with Crippen LogP contribution in [0.1, 0.15) is 33.1 Å². The van der Waals surface area contributed by atoms with E-state index in [1.54, 1.807) is 0 Å². The molecule has 0 aromatic carbocycles. The van der Waals surface area contributed by atoms with Gasteiger partial charge in [0.05, 0.1) is 0 Å². The van der Waals surface area contributed by atoms with Crippen molar-refractivity contribution in [3.8, 4) is 0 Å². The first-order chi connectivity index (χ1) is 4.22. The standard InChI is InChI=1S/C8H15.Li/c1-7-4-3-5-8(2)6-7;/h6-8H,3-5H2,1-2H3;. The molecule has 0 saturated heterocycles. The summed E-state index contributed by atoms with van der Waals surface area (Å²) < 4.78 is 0.971. The van der Waals surface area contributed by atoms with Crippen molar-refractivity contribution in [1.29, 1.82) is 0 Å². The quantitative estimate of drug-likeness (QED) is 0.428. The molecule has 48 valence electrons. The Balaban J connectivity index is 2.41. The Labute approximate surface area is 67.6 Å². The van der Waals surface area contributed by atoms with Gasteiger partial charge in [0.25, 0.3) is 0 Å². The van der Waals surface area contributed by atoms with Crippen LogP contribution in [0, 0.1) is 11.8 Å². The Morgan fingerprint density at radius 1 is 1.11 bits per heavy atom. The fourth-order valence-corrected chi connectivity index (χ4v) is 1.85. The molecule has 2 atom stereocenters. The second-order valence-electron chi connectivity index (χ2n) is 3.74. The summed E-state index contributed by atoms with van der Waals surface area (Å²) in [6.45, 7) is 4.78. The zero-order valence-electron chi connectivity index (χ0n) is 6.85. The van der Waals surface area contributed by atoms with Gasteiger partial charge in [-0.1, -0.05) is 0 Å². The van der Waals surface area contributed by atoms with Gasteiger partial charge in [0, 0.05) is 0 Å². The monoisotopic (exact) mass is 118 g/mol. The zero-order chi connectivity index (χ0) is 6.85. The summed E-state index contributed by atoms with van der Waals surface area (Å²) >= 11 is 2.40. The molecule has 1 aliphatic carbocycles. The van der Waals surface area contributed by atoms with Gasteiger partial charge in [-0.2, -0.15) is 0 Å². The van der Waals surface area contributed by atoms with Gasteiger partial charge in [-0.25, -0.2) is 0 Å². The first kappa shape index (κ1) is 7.70. The van der Waals surface area contributed by atoms with Crippen molar-refractivity contribution in [3.63, 3.8) is 0 Å². The van der Waals surface area contributed by atoms with Gasteiger partial charge in [0.15, 0.2) is 0 Å². The molecule has 1 rings (SSSR count). The first-order valence-corrected chi connectivity index (χ1v) is 4.22. The van der Waals surface area contributed by atoms with E-state index in [1.165, 1.54) is 19.3 Å². The summed E-state index contributed by atoms with van der Waals surface area (Å²) in [6, 6.07) is 0. The molecule has 1 fully saturated rings. The van der Waals surface area contributed by atoms with E-state index in [0.717, 1.165) is 16.4 Å². The molecule has 0 heterocycles. The van der Waals surface area contributed by atoms with Gasteiger partial charge in [0.1, 0.15) is 0 Å². The van der Waals surface area contributed by atoms with Crippen LogP contribution in [0.4, 0.5) is 0 Å². The molecule has 0 aliphatic heterocycles. The Morgan fingerprint density at radius 2 is 1.56 bits per heavy atom. The van der Waals surface area contributed by atoms with E-state index in [-0.39, 0.29) is 0 Å². The average Bonchev–Trinajstić information content (AvgIpc) is 1.83. The van der Waals surface area contributed by atoms with Gasteiger partial charge in [-0.3, -0.25) is 0 Å². The summed E-state index contributed by atoms with van der Waals surface area (Å²) in [6.07, 6.45) is 4.39. The second-order valence-corrected chi connectivity index (χ2v) is 3.74. The van der Waals surface area contributed by atoms with Crippen LogP contribution in [0.15, 0.2) is 0 Å². The van der Waals surface area contributed by atoms with E-state index in [1.807, 2.05) is 0 Å². The van der Waals surface area contributed by atoms with Gasteiger partial charge < -0.3 is 0 Å². The van der Waals surface area contributed by atoms with Crippen LogP contribution in [-0.2, 0) is 0 Å². The molecular weight excluding hydrogens is 103 g/mol. The van der Waals surface area contributed by atoms with Crippen LogP contribution < -0.4 is 0 Å². The van der Waals surface area contributed by atoms with Crippen LogP contribution in [0.25, 0.3) is 0 Å². The van der Waals surface area contributed by atoms with Crippen molar-refractivity contribution in [2.24, 2.45) is 11.8 Å². The normalized spacial score (nSPS) is 45.1. The Kier molecular flexibility index (Phi) is 2.68. The van der Waals surface area contributed by atoms with E-state index >= 15 is 0 Å². The number of rotatable bonds is 0. The number of hydrogen-bond donors (Lipinski definition) is 0. The van der Waals surface area contributed by atoms with E-state index in [9.17, 15) is 0 Å². The van der Waals surface area contributed by atoms with Gasteiger partial charge in [-0.15, -0.1) is 0 Å². The van der Waals surface area contributed by atoms with Crippen LogP contribution >= 0.6 is 0 Å². The van der Waals surface area contributed by atoms with Crippen molar-refractivity contribution < 1.29 is 0 Å². The van der Waals surface area contributed by atoms with E-state index < -0.39 is 0 Å². The van der Waals surface area contributed by atoms with Crippen LogP contribution in [0.2, 0.25) is 4.59 Å². The molecule has 0 nitrogen and oxygen atoms in total. The minimum absolute atomic E-state index is 0.971. The second kappa shape index (κ2) is 3.13. The maximum absolute atomic E-state index is 2.40. The van der Waals surface area contributed by atoms with Gasteiger partial charge in [0.2, 0.25) is 0 Å². The Morgan fingerprint density at radius 3 is 1.89 bits per heavy atom. The van der Waals surface area contributed by atoms with Gasteiger partial charge >= 0.3 is 67.3 Å². The molecule has 0 amide bonds. The number of hydrogen-bond acceptors (Lipinski definition) is 0. The zero-order valence-corrected chi connectivity index (χ0v) is 6.85. The average molecular weight is 118 g/mol. The molecule has 1 saturated carbocycles. The van der Waals surface area contributed by atoms with Crippen molar-refractivity contribution in [2.45, 2.75) is 37.7 Å². The Bertz CT molecular complexity index is 80.6. The fourth-order valence-electron chi connectivity index (χ4n) is 1.85. The predicted octanol–water partition coefficient (Wildman–Crippen LogP) is 2.40. The third-order valence-electron chi connectivity index (χ3n) is 3.11. The molecule has 0 aromatic rings. The van der Waals surface area contributed by atoms with Crippen molar-refractivity contribution in [1.82, 2.24) is 0 Å². The van der Waals surface area contributed by atoms with Crippen molar-refractivity contribution >= 4 is 17.7 Å². The van der Waals surface area contributed by atoms with Crippen LogP contribution in [0.3, 0.4) is 0 Å².